The molecule has 3 rings (SSSR count). The molecule has 0 radical (unpaired) electrons. The molecule has 150 valence electrons. The van der Waals surface area contributed by atoms with Gasteiger partial charge < -0.3 is 19.9 Å². The number of piperidine rings is 1. The number of carbonyl (C=O) groups is 1. The van der Waals surface area contributed by atoms with Crippen molar-refractivity contribution >= 4 is 5.91 Å². The monoisotopic (exact) mass is 383 g/mol. The largest absolute Gasteiger partial charge is 0.387 e. The smallest absolute Gasteiger partial charge is 0.251 e. The van der Waals surface area contributed by atoms with Crippen LogP contribution in [0.1, 0.15) is 30.1 Å². The Hall–Kier alpha value is -2.44. The summed E-state index contributed by atoms with van der Waals surface area (Å²) < 4.78 is 1.43. The highest BCUT2D eigenvalue weighted by Gasteiger charge is 2.22. The second-order valence-corrected chi connectivity index (χ2v) is 7.64. The number of aromatic nitrogens is 1. The van der Waals surface area contributed by atoms with Crippen molar-refractivity contribution in [2.45, 2.75) is 32.4 Å². The normalized spacial score (nSPS) is 16.6. The van der Waals surface area contributed by atoms with Crippen molar-refractivity contribution in [1.82, 2.24) is 14.8 Å². The summed E-state index contributed by atoms with van der Waals surface area (Å²) in [7, 11) is 0. The van der Waals surface area contributed by atoms with Crippen molar-refractivity contribution in [2.75, 3.05) is 26.2 Å². The number of β-amino-alcohol motifs (C(OH)–C–C–N with tert-alkyl or cyclic N) is 1. The highest BCUT2D eigenvalue weighted by Crippen LogP contribution is 2.20. The minimum absolute atomic E-state index is 0.0568. The lowest BCUT2D eigenvalue weighted by molar-refractivity contribution is -0.122. The van der Waals surface area contributed by atoms with Crippen LogP contribution in [-0.4, -0.2) is 46.7 Å². The van der Waals surface area contributed by atoms with Crippen LogP contribution >= 0.6 is 0 Å². The van der Waals surface area contributed by atoms with Crippen LogP contribution in [-0.2, 0) is 11.3 Å². The number of rotatable bonds is 7. The number of aliphatic hydroxyl groups is 1. The molecule has 0 spiro atoms. The SMILES string of the molecule is Cc1ccn(CC(=O)NCC2CCN(CC(O)c3ccccc3)CC2)c(=O)c1. The highest BCUT2D eigenvalue weighted by atomic mass is 16.3. The average Bonchev–Trinajstić information content (AvgIpc) is 2.70. The average molecular weight is 383 g/mol. The lowest BCUT2D eigenvalue weighted by atomic mass is 9.96. The Kier molecular flexibility index (Phi) is 7.01. The van der Waals surface area contributed by atoms with Crippen molar-refractivity contribution < 1.29 is 9.90 Å². The Morgan fingerprint density at radius 1 is 1.21 bits per heavy atom. The van der Waals surface area contributed by atoms with Crippen LogP contribution in [0.25, 0.3) is 0 Å². The van der Waals surface area contributed by atoms with E-state index in [9.17, 15) is 14.7 Å². The van der Waals surface area contributed by atoms with Gasteiger partial charge >= 0.3 is 0 Å². The minimum Gasteiger partial charge on any atom is -0.387 e. The molecule has 2 heterocycles. The second-order valence-electron chi connectivity index (χ2n) is 7.64. The van der Waals surface area contributed by atoms with Crippen LogP contribution in [0.15, 0.2) is 53.5 Å². The molecule has 28 heavy (non-hydrogen) atoms. The van der Waals surface area contributed by atoms with Crippen LogP contribution in [0.4, 0.5) is 0 Å². The van der Waals surface area contributed by atoms with Gasteiger partial charge in [-0.1, -0.05) is 30.3 Å². The molecule has 1 amide bonds. The number of amides is 1. The highest BCUT2D eigenvalue weighted by molar-refractivity contribution is 5.75. The first-order chi connectivity index (χ1) is 13.5. The van der Waals surface area contributed by atoms with E-state index >= 15 is 0 Å². The lowest BCUT2D eigenvalue weighted by Gasteiger charge is -2.33. The van der Waals surface area contributed by atoms with Gasteiger partial charge in [-0.25, -0.2) is 0 Å². The Morgan fingerprint density at radius 2 is 1.93 bits per heavy atom. The molecule has 1 unspecified atom stereocenters. The molecule has 1 aliphatic heterocycles. The number of likely N-dealkylation sites (tertiary alicyclic amines) is 1. The molecule has 1 aliphatic rings. The van der Waals surface area contributed by atoms with Crippen molar-refractivity contribution in [1.29, 1.82) is 0 Å². The summed E-state index contributed by atoms with van der Waals surface area (Å²) in [6.07, 6.45) is 3.18. The second kappa shape index (κ2) is 9.66. The molecule has 1 aromatic carbocycles. The van der Waals surface area contributed by atoms with Crippen LogP contribution in [0.3, 0.4) is 0 Å². The van der Waals surface area contributed by atoms with Crippen molar-refractivity contribution in [3.8, 4) is 0 Å². The van der Waals surface area contributed by atoms with Crippen molar-refractivity contribution in [2.24, 2.45) is 5.92 Å². The number of benzene rings is 1. The molecule has 2 aromatic rings. The van der Waals surface area contributed by atoms with Gasteiger partial charge in [-0.3, -0.25) is 9.59 Å². The minimum atomic E-state index is -0.467. The predicted octanol–water partition coefficient (Wildman–Crippen LogP) is 1.72. The first-order valence-electron chi connectivity index (χ1n) is 9.90. The van der Waals surface area contributed by atoms with E-state index in [1.807, 2.05) is 43.3 Å². The summed E-state index contributed by atoms with van der Waals surface area (Å²) in [5.74, 6) is 0.302. The van der Waals surface area contributed by atoms with Gasteiger partial charge in [0.25, 0.3) is 5.56 Å². The summed E-state index contributed by atoms with van der Waals surface area (Å²) in [4.78, 5) is 26.3. The maximum absolute atomic E-state index is 12.1. The number of hydrogen-bond donors (Lipinski definition) is 2. The molecule has 1 atom stereocenters. The topological polar surface area (TPSA) is 74.6 Å². The van der Waals surface area contributed by atoms with E-state index < -0.39 is 6.10 Å². The molecular formula is C22H29N3O3. The molecule has 0 aliphatic carbocycles. The zero-order chi connectivity index (χ0) is 19.9. The summed E-state index contributed by atoms with van der Waals surface area (Å²) in [6.45, 7) is 5.02. The molecule has 1 aromatic heterocycles. The van der Waals surface area contributed by atoms with Crippen LogP contribution in [0, 0.1) is 12.8 Å². The predicted molar refractivity (Wildman–Crippen MR) is 109 cm³/mol. The molecule has 1 saturated heterocycles. The molecule has 2 N–H and O–H groups in total. The molecule has 0 saturated carbocycles. The Bertz CT molecular complexity index is 826. The first kappa shape index (κ1) is 20.3. The number of pyridine rings is 1. The van der Waals surface area contributed by atoms with Gasteiger partial charge in [0.1, 0.15) is 6.54 Å². The number of nitrogens with zero attached hydrogens (tertiary/aromatic N) is 2. The molecule has 1 fully saturated rings. The fourth-order valence-corrected chi connectivity index (χ4v) is 3.60. The van der Waals surface area contributed by atoms with Gasteiger partial charge in [0.2, 0.25) is 5.91 Å². The third kappa shape index (κ3) is 5.78. The van der Waals surface area contributed by atoms with Gasteiger partial charge in [0, 0.05) is 25.4 Å². The van der Waals surface area contributed by atoms with Gasteiger partial charge in [0.15, 0.2) is 0 Å². The van der Waals surface area contributed by atoms with Crippen molar-refractivity contribution in [3.63, 3.8) is 0 Å². The third-order valence-corrected chi connectivity index (χ3v) is 5.38. The maximum Gasteiger partial charge on any atom is 0.251 e. The summed E-state index contributed by atoms with van der Waals surface area (Å²) in [5, 5.41) is 13.3. The quantitative estimate of drug-likeness (QED) is 0.764. The van der Waals surface area contributed by atoms with Crippen LogP contribution < -0.4 is 10.9 Å². The molecule has 6 heteroatoms. The van der Waals surface area contributed by atoms with E-state index in [2.05, 4.69) is 10.2 Å². The van der Waals surface area contributed by atoms with Gasteiger partial charge in [-0.05, 0) is 56.0 Å². The number of nitrogens with one attached hydrogen (secondary N) is 1. The zero-order valence-electron chi connectivity index (χ0n) is 16.4. The van der Waals surface area contributed by atoms with E-state index in [-0.39, 0.29) is 18.0 Å². The first-order valence-corrected chi connectivity index (χ1v) is 9.90. The van der Waals surface area contributed by atoms with Gasteiger partial charge in [-0.15, -0.1) is 0 Å². The van der Waals surface area contributed by atoms with E-state index in [0.29, 0.717) is 19.0 Å². The van der Waals surface area contributed by atoms with Gasteiger partial charge in [0.05, 0.1) is 6.10 Å². The number of hydrogen-bond acceptors (Lipinski definition) is 4. The third-order valence-electron chi connectivity index (χ3n) is 5.38. The number of aryl methyl sites for hydroxylation is 1. The van der Waals surface area contributed by atoms with E-state index in [1.165, 1.54) is 10.6 Å². The standard InChI is InChI=1S/C22H29N3O3/c1-17-7-12-25(22(28)13-17)16-21(27)23-14-18-8-10-24(11-9-18)15-20(26)19-5-3-2-4-6-19/h2-7,12-13,18,20,26H,8-11,14-16H2,1H3,(H,23,27). The maximum atomic E-state index is 12.1. The lowest BCUT2D eigenvalue weighted by Crippen LogP contribution is -2.41. The Balaban J connectivity index is 1.38. The van der Waals surface area contributed by atoms with E-state index in [4.69, 9.17) is 0 Å². The zero-order valence-corrected chi connectivity index (χ0v) is 16.4. The summed E-state index contributed by atoms with van der Waals surface area (Å²) in [5.41, 5.74) is 1.69. The summed E-state index contributed by atoms with van der Waals surface area (Å²) in [6, 6.07) is 13.1. The van der Waals surface area contributed by atoms with E-state index in [1.54, 1.807) is 6.20 Å². The van der Waals surface area contributed by atoms with Crippen molar-refractivity contribution in [3.05, 3.63) is 70.1 Å². The Labute approximate surface area is 165 Å². The van der Waals surface area contributed by atoms with Gasteiger partial charge in [-0.2, -0.15) is 0 Å². The fraction of sp³-hybridized carbons (Fsp3) is 0.455. The molecular weight excluding hydrogens is 354 g/mol. The van der Waals surface area contributed by atoms with Crippen LogP contribution in [0.5, 0.6) is 0 Å². The number of aliphatic hydroxyl groups excluding tert-OH is 1. The van der Waals surface area contributed by atoms with Crippen LogP contribution in [0.2, 0.25) is 0 Å². The van der Waals surface area contributed by atoms with E-state index in [0.717, 1.165) is 37.1 Å². The summed E-state index contributed by atoms with van der Waals surface area (Å²) >= 11 is 0. The number of carbonyl (C=O) groups excluding carboxylic acids is 1. The molecule has 6 nitrogen and oxygen atoms in total. The molecule has 0 bridgehead atoms. The Morgan fingerprint density at radius 3 is 2.61 bits per heavy atom. The fourth-order valence-electron chi connectivity index (χ4n) is 3.60.